The molecule has 0 saturated carbocycles. The first kappa shape index (κ1) is 25.6. The second kappa shape index (κ2) is 10.8. The monoisotopic (exact) mass is 522 g/mol. The Bertz CT molecular complexity index is 1270. The van der Waals surface area contributed by atoms with E-state index in [0.717, 1.165) is 49.9 Å². The predicted molar refractivity (Wildman–Crippen MR) is 146 cm³/mol. The number of aryl methyl sites for hydroxylation is 1. The average Bonchev–Trinajstić information content (AvgIpc) is 3.25. The molecule has 3 heterocycles. The number of hydrogen-bond acceptors (Lipinski definition) is 4. The molecule has 0 unspecified atom stereocenters. The van der Waals surface area contributed by atoms with Gasteiger partial charge >= 0.3 is 0 Å². The average molecular weight is 523 g/mol. The number of amides is 2. The minimum atomic E-state index is -0.460. The van der Waals surface area contributed by atoms with Crippen LogP contribution in [0.2, 0.25) is 5.02 Å². The maximum atomic E-state index is 13.8. The number of fused-ring (bicyclic) bond motifs is 1. The summed E-state index contributed by atoms with van der Waals surface area (Å²) in [6, 6.07) is 15.3. The molecule has 2 aliphatic heterocycles. The molecule has 2 aromatic carbocycles. The van der Waals surface area contributed by atoms with E-state index in [1.165, 1.54) is 0 Å². The number of piperazine rings is 1. The third-order valence-electron chi connectivity index (χ3n) is 7.82. The lowest BCUT2D eigenvalue weighted by atomic mass is 9.77. The van der Waals surface area contributed by atoms with Crippen LogP contribution in [0.15, 0.2) is 54.7 Å². The van der Waals surface area contributed by atoms with Gasteiger partial charge in [-0.05, 0) is 50.2 Å². The van der Waals surface area contributed by atoms with Gasteiger partial charge < -0.3 is 24.0 Å². The Balaban J connectivity index is 1.38. The Morgan fingerprint density at radius 3 is 2.43 bits per heavy atom. The van der Waals surface area contributed by atoms with Gasteiger partial charge in [-0.15, -0.1) is 0 Å². The number of para-hydroxylation sites is 1. The Labute approximate surface area is 223 Å². The van der Waals surface area contributed by atoms with Crippen molar-refractivity contribution in [2.75, 3.05) is 52.9 Å². The first-order valence-corrected chi connectivity index (χ1v) is 13.4. The molecule has 2 aliphatic rings. The van der Waals surface area contributed by atoms with E-state index in [2.05, 4.69) is 11.9 Å². The highest BCUT2D eigenvalue weighted by atomic mass is 35.5. The summed E-state index contributed by atoms with van der Waals surface area (Å²) in [6.45, 7) is 4.77. The SMILES string of the molecule is CN1CCN(C(=O)C[C@@]2(COc3ccc(Cl)cc3)CCCN(C(=O)c3cn(C)c4ccccc34)C2)CC1. The predicted octanol–water partition coefficient (Wildman–Crippen LogP) is 4.30. The third-order valence-corrected chi connectivity index (χ3v) is 8.07. The molecule has 0 N–H and O–H groups in total. The van der Waals surface area contributed by atoms with Crippen molar-refractivity contribution in [2.45, 2.75) is 19.3 Å². The summed E-state index contributed by atoms with van der Waals surface area (Å²) in [5.74, 6) is 0.875. The number of piperidine rings is 1. The van der Waals surface area contributed by atoms with E-state index in [-0.39, 0.29) is 11.8 Å². The van der Waals surface area contributed by atoms with Gasteiger partial charge in [-0.25, -0.2) is 0 Å². The molecule has 0 bridgehead atoms. The topological polar surface area (TPSA) is 58.0 Å². The number of ether oxygens (including phenoxy) is 1. The number of likely N-dealkylation sites (N-methyl/N-ethyl adjacent to an activating group) is 1. The van der Waals surface area contributed by atoms with E-state index in [4.69, 9.17) is 16.3 Å². The Hall–Kier alpha value is -3.03. The fourth-order valence-electron chi connectivity index (χ4n) is 5.63. The number of nitrogens with zero attached hydrogens (tertiary/aromatic N) is 4. The van der Waals surface area contributed by atoms with E-state index in [9.17, 15) is 9.59 Å². The lowest BCUT2D eigenvalue weighted by molar-refractivity contribution is -0.137. The molecule has 3 aromatic rings. The third kappa shape index (κ3) is 5.63. The lowest BCUT2D eigenvalue weighted by Gasteiger charge is -2.43. The lowest BCUT2D eigenvalue weighted by Crippen LogP contribution is -2.53. The van der Waals surface area contributed by atoms with E-state index in [0.29, 0.717) is 42.5 Å². The minimum Gasteiger partial charge on any atom is -0.493 e. The molecule has 1 atom stereocenters. The van der Waals surface area contributed by atoms with Gasteiger partial charge in [-0.1, -0.05) is 29.8 Å². The van der Waals surface area contributed by atoms with Gasteiger partial charge in [0, 0.05) is 80.3 Å². The van der Waals surface area contributed by atoms with Crippen molar-refractivity contribution in [1.29, 1.82) is 0 Å². The van der Waals surface area contributed by atoms with E-state index in [1.807, 2.05) is 64.0 Å². The van der Waals surface area contributed by atoms with Crippen LogP contribution in [0.5, 0.6) is 5.75 Å². The first-order chi connectivity index (χ1) is 17.8. The standard InChI is InChI=1S/C29H35ClN4O3/c1-31-14-16-33(17-15-31)27(35)18-29(21-37-23-10-8-22(30)9-11-23)12-5-13-34(20-29)28(36)25-19-32(2)26-7-4-3-6-24(25)26/h3-4,6-11,19H,5,12-18,20-21H2,1-2H3/t29-/m0/s1. The molecule has 7 nitrogen and oxygen atoms in total. The number of benzene rings is 2. The summed E-state index contributed by atoms with van der Waals surface area (Å²) in [4.78, 5) is 33.4. The number of likely N-dealkylation sites (tertiary alicyclic amines) is 1. The summed E-state index contributed by atoms with van der Waals surface area (Å²) in [6.07, 6.45) is 3.95. The summed E-state index contributed by atoms with van der Waals surface area (Å²) < 4.78 is 8.24. The molecule has 0 spiro atoms. The quantitative estimate of drug-likeness (QED) is 0.484. The van der Waals surface area contributed by atoms with Crippen molar-refractivity contribution >= 4 is 34.3 Å². The number of halogens is 1. The summed E-state index contributed by atoms with van der Waals surface area (Å²) in [5, 5.41) is 1.61. The van der Waals surface area contributed by atoms with Gasteiger partial charge in [0.25, 0.3) is 5.91 Å². The summed E-state index contributed by atoms with van der Waals surface area (Å²) in [7, 11) is 4.05. The van der Waals surface area contributed by atoms with Crippen LogP contribution in [0.4, 0.5) is 0 Å². The summed E-state index contributed by atoms with van der Waals surface area (Å²) >= 11 is 6.05. The van der Waals surface area contributed by atoms with Crippen LogP contribution >= 0.6 is 11.6 Å². The molecule has 8 heteroatoms. The van der Waals surface area contributed by atoms with Crippen LogP contribution in [-0.2, 0) is 11.8 Å². The van der Waals surface area contributed by atoms with Crippen molar-refractivity contribution in [3.8, 4) is 5.75 Å². The number of rotatable bonds is 6. The fraction of sp³-hybridized carbons (Fsp3) is 0.448. The first-order valence-electron chi connectivity index (χ1n) is 13.0. The molecular formula is C29H35ClN4O3. The van der Waals surface area contributed by atoms with Crippen molar-refractivity contribution in [2.24, 2.45) is 12.5 Å². The molecule has 2 saturated heterocycles. The molecule has 196 valence electrons. The normalized spacial score (nSPS) is 20.8. The molecule has 1 aromatic heterocycles. The van der Waals surface area contributed by atoms with Gasteiger partial charge in [-0.2, -0.15) is 0 Å². The van der Waals surface area contributed by atoms with Gasteiger partial charge in [0.15, 0.2) is 0 Å². The molecule has 2 fully saturated rings. The summed E-state index contributed by atoms with van der Waals surface area (Å²) in [5.41, 5.74) is 1.28. The van der Waals surface area contributed by atoms with Crippen molar-refractivity contribution in [3.05, 3.63) is 65.3 Å². The number of carbonyl (C=O) groups excluding carboxylic acids is 2. The van der Waals surface area contributed by atoms with Crippen LogP contribution in [0.3, 0.4) is 0 Å². The Kier molecular flexibility index (Phi) is 7.45. The number of carbonyl (C=O) groups is 2. The second-order valence-corrected chi connectivity index (χ2v) is 11.0. The smallest absolute Gasteiger partial charge is 0.256 e. The zero-order chi connectivity index (χ0) is 26.0. The van der Waals surface area contributed by atoms with E-state index < -0.39 is 5.41 Å². The van der Waals surface area contributed by atoms with Crippen LogP contribution in [0.1, 0.15) is 29.6 Å². The van der Waals surface area contributed by atoms with Gasteiger partial charge in [0.1, 0.15) is 5.75 Å². The Morgan fingerprint density at radius 2 is 1.68 bits per heavy atom. The Morgan fingerprint density at radius 1 is 0.946 bits per heavy atom. The van der Waals surface area contributed by atoms with Crippen molar-refractivity contribution in [1.82, 2.24) is 19.3 Å². The minimum absolute atomic E-state index is 0.0133. The maximum absolute atomic E-state index is 13.8. The fourth-order valence-corrected chi connectivity index (χ4v) is 5.76. The highest BCUT2D eigenvalue weighted by molar-refractivity contribution is 6.30. The van der Waals surface area contributed by atoms with Gasteiger partial charge in [-0.3, -0.25) is 9.59 Å². The number of hydrogen-bond donors (Lipinski definition) is 0. The van der Waals surface area contributed by atoms with Crippen LogP contribution in [0, 0.1) is 5.41 Å². The van der Waals surface area contributed by atoms with Crippen molar-refractivity contribution in [3.63, 3.8) is 0 Å². The van der Waals surface area contributed by atoms with Gasteiger partial charge in [0.05, 0.1) is 12.2 Å². The van der Waals surface area contributed by atoms with E-state index in [1.54, 1.807) is 12.1 Å². The zero-order valence-corrected chi connectivity index (χ0v) is 22.4. The second-order valence-electron chi connectivity index (χ2n) is 10.6. The maximum Gasteiger partial charge on any atom is 0.256 e. The van der Waals surface area contributed by atoms with Crippen LogP contribution in [-0.4, -0.2) is 84.0 Å². The van der Waals surface area contributed by atoms with E-state index >= 15 is 0 Å². The molecule has 0 aliphatic carbocycles. The zero-order valence-electron chi connectivity index (χ0n) is 21.7. The van der Waals surface area contributed by atoms with Crippen molar-refractivity contribution < 1.29 is 14.3 Å². The molecule has 5 rings (SSSR count). The highest BCUT2D eigenvalue weighted by Gasteiger charge is 2.41. The molecule has 2 amide bonds. The van der Waals surface area contributed by atoms with Crippen LogP contribution < -0.4 is 4.74 Å². The molecule has 37 heavy (non-hydrogen) atoms. The van der Waals surface area contributed by atoms with Gasteiger partial charge in [0.2, 0.25) is 5.91 Å². The van der Waals surface area contributed by atoms with Crippen LogP contribution in [0.25, 0.3) is 10.9 Å². The highest BCUT2D eigenvalue weighted by Crippen LogP contribution is 2.37. The molecular weight excluding hydrogens is 488 g/mol. The molecule has 0 radical (unpaired) electrons. The number of aromatic nitrogens is 1. The largest absolute Gasteiger partial charge is 0.493 e.